The SMILES string of the molecule is Nc1cc(Cl)c(F)c(S(=O)(=O)N2C[C@@H](O)[C@@H](O)C2)c1. The number of halogens is 2. The second kappa shape index (κ2) is 4.88. The van der Waals surface area contributed by atoms with Gasteiger partial charge >= 0.3 is 0 Å². The van der Waals surface area contributed by atoms with Gasteiger partial charge < -0.3 is 15.9 Å². The van der Waals surface area contributed by atoms with Crippen molar-refractivity contribution in [3.63, 3.8) is 0 Å². The van der Waals surface area contributed by atoms with E-state index in [0.717, 1.165) is 16.4 Å². The van der Waals surface area contributed by atoms with Crippen LogP contribution in [0.2, 0.25) is 5.02 Å². The largest absolute Gasteiger partial charge is 0.399 e. The summed E-state index contributed by atoms with van der Waals surface area (Å²) in [6.45, 7) is -0.620. The summed E-state index contributed by atoms with van der Waals surface area (Å²) in [7, 11) is -4.21. The monoisotopic (exact) mass is 310 g/mol. The van der Waals surface area contributed by atoms with E-state index in [-0.39, 0.29) is 18.8 Å². The van der Waals surface area contributed by atoms with Crippen LogP contribution < -0.4 is 5.73 Å². The lowest BCUT2D eigenvalue weighted by molar-refractivity contribution is 0.0572. The fourth-order valence-corrected chi connectivity index (χ4v) is 3.72. The molecule has 1 aromatic rings. The molecule has 2 atom stereocenters. The van der Waals surface area contributed by atoms with E-state index >= 15 is 0 Å². The molecule has 0 spiro atoms. The van der Waals surface area contributed by atoms with Crippen molar-refractivity contribution in [3.8, 4) is 0 Å². The van der Waals surface area contributed by atoms with Gasteiger partial charge in [0.1, 0.15) is 4.90 Å². The maximum absolute atomic E-state index is 13.8. The second-order valence-electron chi connectivity index (χ2n) is 4.27. The number of sulfonamides is 1. The van der Waals surface area contributed by atoms with Crippen LogP contribution in [0, 0.1) is 5.82 Å². The molecule has 6 nitrogen and oxygen atoms in total. The molecule has 0 unspecified atom stereocenters. The maximum atomic E-state index is 13.8. The lowest BCUT2D eigenvalue weighted by Gasteiger charge is -2.16. The molecule has 0 amide bonds. The summed E-state index contributed by atoms with van der Waals surface area (Å²) in [6.07, 6.45) is -2.40. The van der Waals surface area contributed by atoms with E-state index in [2.05, 4.69) is 0 Å². The number of nitrogens with two attached hydrogens (primary N) is 1. The Bertz CT molecular complexity index is 600. The zero-order chi connectivity index (χ0) is 14.4. The Labute approximate surface area is 114 Å². The van der Waals surface area contributed by atoms with Gasteiger partial charge in [0, 0.05) is 18.8 Å². The van der Waals surface area contributed by atoms with Gasteiger partial charge in [-0.1, -0.05) is 11.6 Å². The lowest BCUT2D eigenvalue weighted by Crippen LogP contribution is -2.30. The number of nitrogens with zero attached hydrogens (tertiary/aromatic N) is 1. The number of anilines is 1. The number of aliphatic hydroxyl groups excluding tert-OH is 2. The zero-order valence-corrected chi connectivity index (χ0v) is 11.2. The van der Waals surface area contributed by atoms with Gasteiger partial charge in [0.2, 0.25) is 10.0 Å². The Morgan fingerprint density at radius 2 is 1.84 bits per heavy atom. The van der Waals surface area contributed by atoms with E-state index in [4.69, 9.17) is 17.3 Å². The van der Waals surface area contributed by atoms with Crippen molar-refractivity contribution in [3.05, 3.63) is 23.0 Å². The predicted octanol–water partition coefficient (Wildman–Crippen LogP) is -0.213. The Kier molecular flexibility index (Phi) is 3.72. The first-order valence-electron chi connectivity index (χ1n) is 5.34. The molecule has 0 saturated carbocycles. The summed E-state index contributed by atoms with van der Waals surface area (Å²) in [5.74, 6) is -1.10. The molecule has 1 aromatic carbocycles. The number of rotatable bonds is 2. The van der Waals surface area contributed by atoms with Gasteiger partial charge in [0.15, 0.2) is 5.82 Å². The Hall–Kier alpha value is -0.930. The summed E-state index contributed by atoms with van der Waals surface area (Å²) < 4.78 is 39.0. The maximum Gasteiger partial charge on any atom is 0.246 e. The topological polar surface area (TPSA) is 104 Å². The van der Waals surface area contributed by atoms with Crippen molar-refractivity contribution in [1.82, 2.24) is 4.31 Å². The molecule has 2 rings (SSSR count). The minimum absolute atomic E-state index is 0.00488. The quantitative estimate of drug-likeness (QED) is 0.656. The van der Waals surface area contributed by atoms with Crippen LogP contribution in [0.25, 0.3) is 0 Å². The summed E-state index contributed by atoms with van der Waals surface area (Å²) in [5.41, 5.74) is 5.45. The fourth-order valence-electron chi connectivity index (χ4n) is 1.84. The van der Waals surface area contributed by atoms with Crippen molar-refractivity contribution >= 4 is 27.3 Å². The highest BCUT2D eigenvalue weighted by Crippen LogP contribution is 2.29. The first-order valence-corrected chi connectivity index (χ1v) is 7.16. The Morgan fingerprint density at radius 3 is 2.37 bits per heavy atom. The normalized spacial score (nSPS) is 24.8. The summed E-state index contributed by atoms with van der Waals surface area (Å²) in [5, 5.41) is 18.3. The minimum Gasteiger partial charge on any atom is -0.399 e. The summed E-state index contributed by atoms with van der Waals surface area (Å²) in [6, 6.07) is 2.05. The number of aliphatic hydroxyl groups is 2. The highest BCUT2D eigenvalue weighted by Gasteiger charge is 2.39. The first kappa shape index (κ1) is 14.5. The van der Waals surface area contributed by atoms with E-state index < -0.39 is 38.0 Å². The van der Waals surface area contributed by atoms with E-state index in [1.165, 1.54) is 0 Å². The highest BCUT2D eigenvalue weighted by atomic mass is 35.5. The van der Waals surface area contributed by atoms with Crippen molar-refractivity contribution < 1.29 is 23.0 Å². The van der Waals surface area contributed by atoms with Crippen LogP contribution in [0.5, 0.6) is 0 Å². The van der Waals surface area contributed by atoms with Crippen LogP contribution in [0.1, 0.15) is 0 Å². The zero-order valence-electron chi connectivity index (χ0n) is 9.62. The van der Waals surface area contributed by atoms with E-state index in [1.54, 1.807) is 0 Å². The molecule has 4 N–H and O–H groups in total. The molecule has 0 bridgehead atoms. The third-order valence-corrected chi connectivity index (χ3v) is 4.97. The second-order valence-corrected chi connectivity index (χ2v) is 6.59. The van der Waals surface area contributed by atoms with Crippen LogP contribution >= 0.6 is 11.6 Å². The molecule has 106 valence electrons. The standard InChI is InChI=1S/C10H12ClFN2O4S/c11-6-1-5(13)2-9(10(6)12)19(17,18)14-3-7(15)8(16)4-14/h1-2,7-8,15-16H,3-4,13H2/t7-,8+. The Balaban J connectivity index is 2.46. The number of hydrogen-bond acceptors (Lipinski definition) is 5. The van der Waals surface area contributed by atoms with Crippen LogP contribution in [-0.4, -0.2) is 48.2 Å². The van der Waals surface area contributed by atoms with Gasteiger partial charge in [-0.05, 0) is 12.1 Å². The smallest absolute Gasteiger partial charge is 0.246 e. The number of hydrogen-bond donors (Lipinski definition) is 3. The van der Waals surface area contributed by atoms with Crippen LogP contribution in [-0.2, 0) is 10.0 Å². The van der Waals surface area contributed by atoms with Crippen molar-refractivity contribution in [2.45, 2.75) is 17.1 Å². The highest BCUT2D eigenvalue weighted by molar-refractivity contribution is 7.89. The van der Waals surface area contributed by atoms with Gasteiger partial charge in [-0.15, -0.1) is 0 Å². The van der Waals surface area contributed by atoms with Gasteiger partial charge in [-0.3, -0.25) is 0 Å². The molecule has 0 aliphatic carbocycles. The molecule has 0 aromatic heterocycles. The molecule has 1 aliphatic rings. The van der Waals surface area contributed by atoms with E-state index in [9.17, 15) is 23.0 Å². The number of nitrogen functional groups attached to an aromatic ring is 1. The summed E-state index contributed by atoms with van der Waals surface area (Å²) in [4.78, 5) is -0.668. The molecule has 1 aliphatic heterocycles. The first-order chi connectivity index (χ1) is 8.73. The van der Waals surface area contributed by atoms with Crippen molar-refractivity contribution in [2.24, 2.45) is 0 Å². The van der Waals surface area contributed by atoms with Crippen molar-refractivity contribution in [2.75, 3.05) is 18.8 Å². The predicted molar refractivity (Wildman–Crippen MR) is 66.6 cm³/mol. The molecule has 19 heavy (non-hydrogen) atoms. The third-order valence-electron chi connectivity index (χ3n) is 2.86. The molecular weight excluding hydrogens is 299 g/mol. The van der Waals surface area contributed by atoms with Gasteiger partial charge in [-0.2, -0.15) is 4.31 Å². The minimum atomic E-state index is -4.21. The molecular formula is C10H12ClFN2O4S. The molecule has 9 heteroatoms. The van der Waals surface area contributed by atoms with Crippen LogP contribution in [0.15, 0.2) is 17.0 Å². The van der Waals surface area contributed by atoms with Gasteiger partial charge in [-0.25, -0.2) is 12.8 Å². The molecule has 1 fully saturated rings. The van der Waals surface area contributed by atoms with Crippen LogP contribution in [0.3, 0.4) is 0 Å². The van der Waals surface area contributed by atoms with Crippen molar-refractivity contribution in [1.29, 1.82) is 0 Å². The molecule has 1 saturated heterocycles. The third kappa shape index (κ3) is 2.54. The average Bonchev–Trinajstić information content (AvgIpc) is 2.65. The van der Waals surface area contributed by atoms with Crippen LogP contribution in [0.4, 0.5) is 10.1 Å². The average molecular weight is 311 g/mol. The number of benzene rings is 1. The van der Waals surface area contributed by atoms with Gasteiger partial charge in [0.25, 0.3) is 0 Å². The lowest BCUT2D eigenvalue weighted by atomic mass is 10.3. The fraction of sp³-hybridized carbons (Fsp3) is 0.400. The molecule has 1 heterocycles. The molecule has 0 radical (unpaired) electrons. The Morgan fingerprint density at radius 1 is 1.32 bits per heavy atom. The number of β-amino-alcohol motifs (C(OH)–C–C–N with tert-alkyl or cyclic N) is 2. The summed E-state index contributed by atoms with van der Waals surface area (Å²) >= 11 is 5.55. The van der Waals surface area contributed by atoms with E-state index in [0.29, 0.717) is 0 Å². The van der Waals surface area contributed by atoms with Gasteiger partial charge in [0.05, 0.1) is 17.2 Å². The van der Waals surface area contributed by atoms with E-state index in [1.807, 2.05) is 0 Å².